The lowest BCUT2D eigenvalue weighted by Crippen LogP contribution is -2.53. The molecular weight excluding hydrogens is 228 g/mol. The second-order valence-corrected chi connectivity index (χ2v) is 6.69. The molecule has 0 amide bonds. The maximum Gasteiger partial charge on any atom is 0.211 e. The highest BCUT2D eigenvalue weighted by Crippen LogP contribution is 2.12. The zero-order valence-corrected chi connectivity index (χ0v) is 11.3. The van der Waals surface area contributed by atoms with Crippen LogP contribution in [0.1, 0.15) is 13.8 Å². The average molecular weight is 250 g/mol. The van der Waals surface area contributed by atoms with Crippen LogP contribution < -0.4 is 0 Å². The van der Waals surface area contributed by atoms with E-state index in [0.29, 0.717) is 19.2 Å². The van der Waals surface area contributed by atoms with Crippen molar-refractivity contribution in [2.75, 3.05) is 39.6 Å². The van der Waals surface area contributed by atoms with Gasteiger partial charge in [-0.2, -0.15) is 0 Å². The molecule has 1 unspecified atom stereocenters. The smallest absolute Gasteiger partial charge is 0.211 e. The van der Waals surface area contributed by atoms with Crippen LogP contribution in [-0.2, 0) is 14.8 Å². The Morgan fingerprint density at radius 1 is 1.50 bits per heavy atom. The molecule has 5 nitrogen and oxygen atoms in total. The van der Waals surface area contributed by atoms with E-state index in [1.165, 1.54) is 10.6 Å². The first-order valence-electron chi connectivity index (χ1n) is 5.57. The van der Waals surface area contributed by atoms with Crippen molar-refractivity contribution in [1.29, 1.82) is 0 Å². The van der Waals surface area contributed by atoms with Crippen molar-refractivity contribution in [2.45, 2.75) is 25.9 Å². The maximum atomic E-state index is 11.3. The van der Waals surface area contributed by atoms with Gasteiger partial charge in [-0.1, -0.05) is 0 Å². The fourth-order valence-corrected chi connectivity index (χ4v) is 2.38. The first-order chi connectivity index (χ1) is 7.32. The van der Waals surface area contributed by atoms with E-state index >= 15 is 0 Å². The second kappa shape index (κ2) is 5.44. The summed E-state index contributed by atoms with van der Waals surface area (Å²) in [5.74, 6) is 0. The molecule has 1 rings (SSSR count). The Morgan fingerprint density at radius 3 is 2.62 bits per heavy atom. The Balaban J connectivity index is 2.63. The molecule has 1 heterocycles. The molecule has 1 aliphatic heterocycles. The van der Waals surface area contributed by atoms with E-state index in [-0.39, 0.29) is 6.04 Å². The van der Waals surface area contributed by atoms with Crippen LogP contribution in [0.25, 0.3) is 0 Å². The fourth-order valence-electron chi connectivity index (χ4n) is 1.94. The third-order valence-electron chi connectivity index (χ3n) is 2.97. The summed E-state index contributed by atoms with van der Waals surface area (Å²) < 4.78 is 29.5. The van der Waals surface area contributed by atoms with Crippen molar-refractivity contribution in [1.82, 2.24) is 9.21 Å². The zero-order valence-electron chi connectivity index (χ0n) is 10.5. The normalized spacial score (nSPS) is 24.2. The van der Waals surface area contributed by atoms with Crippen LogP contribution in [0.2, 0.25) is 0 Å². The molecule has 1 saturated heterocycles. The van der Waals surface area contributed by atoms with Gasteiger partial charge in [-0.05, 0) is 13.8 Å². The zero-order chi connectivity index (χ0) is 12.3. The SMILES string of the molecule is CC(C)N1CCOCC1CN(C)S(C)(=O)=O. The molecule has 1 aliphatic rings. The van der Waals surface area contributed by atoms with Gasteiger partial charge in [-0.15, -0.1) is 0 Å². The largest absolute Gasteiger partial charge is 0.378 e. The van der Waals surface area contributed by atoms with Gasteiger partial charge in [-0.25, -0.2) is 12.7 Å². The van der Waals surface area contributed by atoms with E-state index < -0.39 is 10.0 Å². The summed E-state index contributed by atoms with van der Waals surface area (Å²) in [6.07, 6.45) is 1.23. The van der Waals surface area contributed by atoms with Crippen molar-refractivity contribution in [2.24, 2.45) is 0 Å². The molecule has 1 fully saturated rings. The summed E-state index contributed by atoms with van der Waals surface area (Å²) in [6, 6.07) is 0.579. The summed E-state index contributed by atoms with van der Waals surface area (Å²) in [5.41, 5.74) is 0. The number of rotatable bonds is 4. The van der Waals surface area contributed by atoms with Gasteiger partial charge in [0, 0.05) is 32.2 Å². The van der Waals surface area contributed by atoms with Gasteiger partial charge in [0.2, 0.25) is 10.0 Å². The van der Waals surface area contributed by atoms with Crippen molar-refractivity contribution < 1.29 is 13.2 Å². The predicted molar refractivity (Wildman–Crippen MR) is 63.9 cm³/mol. The summed E-state index contributed by atoms with van der Waals surface area (Å²) >= 11 is 0. The minimum absolute atomic E-state index is 0.161. The molecule has 0 N–H and O–H groups in total. The van der Waals surface area contributed by atoms with Crippen molar-refractivity contribution in [3.63, 3.8) is 0 Å². The number of hydrogen-bond acceptors (Lipinski definition) is 4. The number of likely N-dealkylation sites (N-methyl/N-ethyl adjacent to an activating group) is 1. The number of ether oxygens (including phenoxy) is 1. The molecule has 1 atom stereocenters. The van der Waals surface area contributed by atoms with Gasteiger partial charge in [0.1, 0.15) is 0 Å². The Labute approximate surface area is 98.4 Å². The van der Waals surface area contributed by atoms with Gasteiger partial charge < -0.3 is 4.74 Å². The van der Waals surface area contributed by atoms with Crippen LogP contribution in [0, 0.1) is 0 Å². The Kier molecular flexibility index (Phi) is 4.73. The van der Waals surface area contributed by atoms with Gasteiger partial charge >= 0.3 is 0 Å². The maximum absolute atomic E-state index is 11.3. The van der Waals surface area contributed by atoms with Crippen molar-refractivity contribution in [3.8, 4) is 0 Å². The average Bonchev–Trinajstić information content (AvgIpc) is 2.16. The number of nitrogens with zero attached hydrogens (tertiary/aromatic N) is 2. The number of sulfonamides is 1. The molecular formula is C10H22N2O3S. The van der Waals surface area contributed by atoms with Crippen LogP contribution in [0.15, 0.2) is 0 Å². The summed E-state index contributed by atoms with van der Waals surface area (Å²) in [5, 5.41) is 0. The van der Waals surface area contributed by atoms with E-state index in [2.05, 4.69) is 18.7 Å². The molecule has 0 saturated carbocycles. The molecule has 0 aromatic rings. The van der Waals surface area contributed by atoms with Crippen LogP contribution in [0.3, 0.4) is 0 Å². The van der Waals surface area contributed by atoms with E-state index in [0.717, 1.165) is 13.2 Å². The number of hydrogen-bond donors (Lipinski definition) is 0. The third kappa shape index (κ3) is 3.69. The molecule has 6 heteroatoms. The van der Waals surface area contributed by atoms with Crippen LogP contribution in [0.5, 0.6) is 0 Å². The molecule has 0 bridgehead atoms. The number of morpholine rings is 1. The van der Waals surface area contributed by atoms with Crippen molar-refractivity contribution >= 4 is 10.0 Å². The van der Waals surface area contributed by atoms with E-state index in [9.17, 15) is 8.42 Å². The van der Waals surface area contributed by atoms with Crippen LogP contribution in [0.4, 0.5) is 0 Å². The molecule has 0 spiro atoms. The van der Waals surface area contributed by atoms with Crippen molar-refractivity contribution in [3.05, 3.63) is 0 Å². The van der Waals surface area contributed by atoms with Gasteiger partial charge in [-0.3, -0.25) is 4.90 Å². The lowest BCUT2D eigenvalue weighted by Gasteiger charge is -2.39. The van der Waals surface area contributed by atoms with Crippen LogP contribution >= 0.6 is 0 Å². The summed E-state index contributed by atoms with van der Waals surface area (Å²) in [7, 11) is -1.49. The Bertz CT molecular complexity index is 316. The Morgan fingerprint density at radius 2 is 2.12 bits per heavy atom. The first-order valence-corrected chi connectivity index (χ1v) is 7.42. The second-order valence-electron chi connectivity index (χ2n) is 4.60. The molecule has 16 heavy (non-hydrogen) atoms. The van der Waals surface area contributed by atoms with Gasteiger partial charge in [0.15, 0.2) is 0 Å². The predicted octanol–water partition coefficient (Wildman–Crippen LogP) is -0.0130. The summed E-state index contributed by atoms with van der Waals surface area (Å²) in [6.45, 7) is 6.96. The minimum atomic E-state index is -3.10. The van der Waals surface area contributed by atoms with E-state index in [4.69, 9.17) is 4.74 Å². The highest BCUT2D eigenvalue weighted by Gasteiger charge is 2.28. The lowest BCUT2D eigenvalue weighted by molar-refractivity contribution is -0.0259. The fraction of sp³-hybridized carbons (Fsp3) is 1.00. The molecule has 0 aromatic carbocycles. The highest BCUT2D eigenvalue weighted by molar-refractivity contribution is 7.88. The highest BCUT2D eigenvalue weighted by atomic mass is 32.2. The molecule has 0 aromatic heterocycles. The van der Waals surface area contributed by atoms with E-state index in [1.807, 2.05) is 0 Å². The first kappa shape index (κ1) is 13.9. The quantitative estimate of drug-likeness (QED) is 0.704. The van der Waals surface area contributed by atoms with Gasteiger partial charge in [0.05, 0.1) is 19.5 Å². The third-order valence-corrected chi connectivity index (χ3v) is 4.25. The van der Waals surface area contributed by atoms with Crippen LogP contribution in [-0.4, -0.2) is 69.3 Å². The minimum Gasteiger partial charge on any atom is -0.378 e. The Hall–Kier alpha value is -0.170. The van der Waals surface area contributed by atoms with Gasteiger partial charge in [0.25, 0.3) is 0 Å². The molecule has 0 radical (unpaired) electrons. The summed E-state index contributed by atoms with van der Waals surface area (Å²) in [4.78, 5) is 2.30. The van der Waals surface area contributed by atoms with E-state index in [1.54, 1.807) is 7.05 Å². The molecule has 0 aliphatic carbocycles. The lowest BCUT2D eigenvalue weighted by atomic mass is 10.2. The molecule has 96 valence electrons. The topological polar surface area (TPSA) is 49.9 Å². The standard InChI is InChI=1S/C10H22N2O3S/c1-9(2)12-5-6-15-8-10(12)7-11(3)16(4,13)14/h9-10H,5-8H2,1-4H3. The monoisotopic (exact) mass is 250 g/mol.